The first-order chi connectivity index (χ1) is 12.8. The molecule has 0 aromatic heterocycles. The number of halogens is 3. The van der Waals surface area contributed by atoms with E-state index < -0.39 is 17.8 Å². The second kappa shape index (κ2) is 10.1. The van der Waals surface area contributed by atoms with Crippen LogP contribution in [-0.4, -0.2) is 18.7 Å². The molecule has 0 aliphatic rings. The van der Waals surface area contributed by atoms with Crippen molar-refractivity contribution in [3.05, 3.63) is 69.2 Å². The molecule has 0 fully saturated rings. The molecule has 3 nitrogen and oxygen atoms in total. The van der Waals surface area contributed by atoms with E-state index in [0.717, 1.165) is 22.9 Å². The van der Waals surface area contributed by atoms with E-state index in [-0.39, 0.29) is 6.42 Å². The van der Waals surface area contributed by atoms with Crippen LogP contribution in [0.25, 0.3) is 0 Å². The largest absolute Gasteiger partial charge is 0.450 e. The Hall–Kier alpha value is -1.59. The van der Waals surface area contributed by atoms with Crippen molar-refractivity contribution in [3.8, 4) is 0 Å². The average molecular weight is 457 g/mol. The SMILES string of the molecule is CCCCOC(=O)N[C@@H](C)C(F)(Cc1ccc(Cl)cc1)c1cccc(Br)c1. The maximum absolute atomic E-state index is 16.3. The van der Waals surface area contributed by atoms with Crippen LogP contribution in [0.2, 0.25) is 5.02 Å². The first-order valence-electron chi connectivity index (χ1n) is 8.98. The first kappa shape index (κ1) is 21.7. The van der Waals surface area contributed by atoms with Crippen LogP contribution >= 0.6 is 27.5 Å². The molecule has 2 aromatic rings. The molecule has 2 atom stereocenters. The van der Waals surface area contributed by atoms with Gasteiger partial charge in [0.25, 0.3) is 0 Å². The van der Waals surface area contributed by atoms with Crippen molar-refractivity contribution >= 4 is 33.6 Å². The van der Waals surface area contributed by atoms with Crippen molar-refractivity contribution in [2.24, 2.45) is 0 Å². The highest BCUT2D eigenvalue weighted by atomic mass is 79.9. The van der Waals surface area contributed by atoms with Crippen LogP contribution in [0.3, 0.4) is 0 Å². The molecule has 0 radical (unpaired) electrons. The Morgan fingerprint density at radius 1 is 1.30 bits per heavy atom. The molecule has 0 aliphatic heterocycles. The van der Waals surface area contributed by atoms with E-state index in [2.05, 4.69) is 21.2 Å². The minimum absolute atomic E-state index is 0.0943. The van der Waals surface area contributed by atoms with Crippen LogP contribution < -0.4 is 5.32 Å². The van der Waals surface area contributed by atoms with Crippen LogP contribution in [0.1, 0.15) is 37.8 Å². The Labute approximate surface area is 173 Å². The van der Waals surface area contributed by atoms with E-state index in [0.29, 0.717) is 17.2 Å². The van der Waals surface area contributed by atoms with Gasteiger partial charge in [0.2, 0.25) is 0 Å². The molecule has 6 heteroatoms. The van der Waals surface area contributed by atoms with Gasteiger partial charge >= 0.3 is 6.09 Å². The molecule has 0 heterocycles. The number of unbranched alkanes of at least 4 members (excludes halogenated alkanes) is 1. The zero-order valence-corrected chi connectivity index (χ0v) is 17.8. The van der Waals surface area contributed by atoms with E-state index in [1.807, 2.05) is 13.0 Å². The molecule has 0 saturated heterocycles. The smallest absolute Gasteiger partial charge is 0.407 e. The molecule has 2 aromatic carbocycles. The second-order valence-electron chi connectivity index (χ2n) is 6.53. The molecule has 1 amide bonds. The van der Waals surface area contributed by atoms with Gasteiger partial charge in [0.15, 0.2) is 5.67 Å². The number of hydrogen-bond acceptors (Lipinski definition) is 2. The third-order valence-electron chi connectivity index (χ3n) is 4.43. The first-order valence-corrected chi connectivity index (χ1v) is 10.1. The molecule has 2 rings (SSSR count). The molecule has 1 N–H and O–H groups in total. The number of hydrogen-bond donors (Lipinski definition) is 1. The number of carbonyl (C=O) groups excluding carboxylic acids is 1. The molecule has 27 heavy (non-hydrogen) atoms. The highest BCUT2D eigenvalue weighted by molar-refractivity contribution is 9.10. The Kier molecular flexibility index (Phi) is 8.11. The van der Waals surface area contributed by atoms with Gasteiger partial charge in [-0.2, -0.15) is 0 Å². The minimum Gasteiger partial charge on any atom is -0.450 e. The summed E-state index contributed by atoms with van der Waals surface area (Å²) in [4.78, 5) is 12.0. The summed E-state index contributed by atoms with van der Waals surface area (Å²) in [6.07, 6.45) is 1.18. The highest BCUT2D eigenvalue weighted by Gasteiger charge is 2.40. The molecule has 146 valence electrons. The third-order valence-corrected chi connectivity index (χ3v) is 5.18. The summed E-state index contributed by atoms with van der Waals surface area (Å²) < 4.78 is 22.2. The fourth-order valence-corrected chi connectivity index (χ4v) is 3.32. The monoisotopic (exact) mass is 455 g/mol. The Bertz CT molecular complexity index is 756. The van der Waals surface area contributed by atoms with Crippen molar-refractivity contribution in [1.29, 1.82) is 0 Å². The second-order valence-corrected chi connectivity index (χ2v) is 7.88. The maximum atomic E-state index is 16.3. The van der Waals surface area contributed by atoms with Gasteiger partial charge in [0.05, 0.1) is 12.6 Å². The van der Waals surface area contributed by atoms with Crippen molar-refractivity contribution < 1.29 is 13.9 Å². The molecule has 0 spiro atoms. The fraction of sp³-hybridized carbons (Fsp3) is 0.381. The summed E-state index contributed by atoms with van der Waals surface area (Å²) in [5.74, 6) is 0. The predicted molar refractivity (Wildman–Crippen MR) is 111 cm³/mol. The standard InChI is InChI=1S/C21H24BrClFNO2/c1-3-4-12-27-20(26)25-15(2)21(24,17-6-5-7-18(22)13-17)14-16-8-10-19(23)11-9-16/h5-11,13,15H,3-4,12,14H2,1-2H3,(H,25,26)/t15-,21?/m0/s1. The summed E-state index contributed by atoms with van der Waals surface area (Å²) in [7, 11) is 0. The zero-order chi connectivity index (χ0) is 19.9. The minimum atomic E-state index is -1.82. The summed E-state index contributed by atoms with van der Waals surface area (Å²) >= 11 is 9.33. The van der Waals surface area contributed by atoms with Gasteiger partial charge in [0.1, 0.15) is 0 Å². The zero-order valence-electron chi connectivity index (χ0n) is 15.5. The van der Waals surface area contributed by atoms with Crippen LogP contribution in [0.4, 0.5) is 9.18 Å². The summed E-state index contributed by atoms with van der Waals surface area (Å²) in [6, 6.07) is 13.3. The summed E-state index contributed by atoms with van der Waals surface area (Å²) in [5.41, 5.74) is -0.551. The lowest BCUT2D eigenvalue weighted by atomic mass is 9.83. The number of rotatable bonds is 8. The molecule has 0 saturated carbocycles. The van der Waals surface area contributed by atoms with Crippen molar-refractivity contribution in [2.45, 2.75) is 44.8 Å². The normalized spacial score (nSPS) is 14.3. The number of benzene rings is 2. The van der Waals surface area contributed by atoms with E-state index in [9.17, 15) is 4.79 Å². The lowest BCUT2D eigenvalue weighted by Gasteiger charge is -2.33. The predicted octanol–water partition coefficient (Wildman–Crippen LogP) is 6.42. The molecule has 0 bridgehead atoms. The molecule has 0 aliphatic carbocycles. The van der Waals surface area contributed by atoms with Gasteiger partial charge in [-0.15, -0.1) is 0 Å². The van der Waals surface area contributed by atoms with Gasteiger partial charge in [-0.05, 0) is 48.7 Å². The quantitative estimate of drug-likeness (QED) is 0.465. The Balaban J connectivity index is 2.25. The van der Waals surface area contributed by atoms with Gasteiger partial charge in [-0.3, -0.25) is 0 Å². The van der Waals surface area contributed by atoms with Crippen LogP contribution in [0.5, 0.6) is 0 Å². The lowest BCUT2D eigenvalue weighted by molar-refractivity contribution is 0.0925. The van der Waals surface area contributed by atoms with E-state index in [4.69, 9.17) is 16.3 Å². The van der Waals surface area contributed by atoms with Crippen molar-refractivity contribution in [3.63, 3.8) is 0 Å². The van der Waals surface area contributed by atoms with Crippen LogP contribution in [-0.2, 0) is 16.8 Å². The van der Waals surface area contributed by atoms with Gasteiger partial charge in [-0.25, -0.2) is 9.18 Å². The fourth-order valence-electron chi connectivity index (χ4n) is 2.79. The molecule has 1 unspecified atom stereocenters. The van der Waals surface area contributed by atoms with Gasteiger partial charge in [-0.1, -0.05) is 65.1 Å². The Morgan fingerprint density at radius 3 is 2.63 bits per heavy atom. The van der Waals surface area contributed by atoms with Crippen LogP contribution in [0.15, 0.2) is 53.0 Å². The number of nitrogens with one attached hydrogen (secondary N) is 1. The summed E-state index contributed by atoms with van der Waals surface area (Å²) in [5, 5.41) is 3.25. The summed E-state index contributed by atoms with van der Waals surface area (Å²) in [6.45, 7) is 3.98. The average Bonchev–Trinajstić information content (AvgIpc) is 2.63. The number of amides is 1. The Morgan fingerprint density at radius 2 is 2.00 bits per heavy atom. The topological polar surface area (TPSA) is 38.3 Å². The number of alkyl halides is 1. The lowest BCUT2D eigenvalue weighted by Crippen LogP contribution is -2.47. The number of carbonyl (C=O) groups is 1. The van der Waals surface area contributed by atoms with E-state index in [1.54, 1.807) is 49.4 Å². The van der Waals surface area contributed by atoms with Crippen molar-refractivity contribution in [1.82, 2.24) is 5.32 Å². The third kappa shape index (κ3) is 6.22. The van der Waals surface area contributed by atoms with E-state index >= 15 is 4.39 Å². The highest BCUT2D eigenvalue weighted by Crippen LogP contribution is 2.35. The van der Waals surface area contributed by atoms with Crippen LogP contribution in [0, 0.1) is 0 Å². The van der Waals surface area contributed by atoms with Gasteiger partial charge < -0.3 is 10.1 Å². The molecular formula is C21H24BrClFNO2. The van der Waals surface area contributed by atoms with Crippen molar-refractivity contribution in [2.75, 3.05) is 6.61 Å². The van der Waals surface area contributed by atoms with Gasteiger partial charge in [0, 0.05) is 15.9 Å². The maximum Gasteiger partial charge on any atom is 0.407 e. The number of ether oxygens (including phenoxy) is 1. The number of alkyl carbamates (subject to hydrolysis) is 1. The van der Waals surface area contributed by atoms with E-state index in [1.165, 1.54) is 0 Å². The molecular weight excluding hydrogens is 433 g/mol.